The topological polar surface area (TPSA) is 49.4 Å². The number of hydrogen-bond acceptors (Lipinski definition) is 3. The predicted octanol–water partition coefficient (Wildman–Crippen LogP) is 4.70. The molecule has 0 saturated carbocycles. The summed E-state index contributed by atoms with van der Waals surface area (Å²) in [7, 11) is 0. The average molecular weight is 375 g/mol. The monoisotopic (exact) mass is 374 g/mol. The van der Waals surface area contributed by atoms with Gasteiger partial charge in [0, 0.05) is 10.7 Å². The van der Waals surface area contributed by atoms with Crippen molar-refractivity contribution in [1.82, 2.24) is 0 Å². The minimum Gasteiger partial charge on any atom is -0.349 e. The third kappa shape index (κ3) is 3.03. The molecule has 2 amide bonds. The van der Waals surface area contributed by atoms with Crippen molar-refractivity contribution in [3.05, 3.63) is 68.8 Å². The molecule has 2 aromatic rings. The molecule has 1 heterocycles. The van der Waals surface area contributed by atoms with E-state index in [0.29, 0.717) is 16.4 Å². The Bertz CT molecular complexity index is 935. The Morgan fingerprint density at radius 3 is 2.36 bits per heavy atom. The Labute approximate surface area is 156 Å². The zero-order chi connectivity index (χ0) is 18.3. The number of aryl methyl sites for hydroxylation is 2. The number of amides is 2. The van der Waals surface area contributed by atoms with E-state index in [0.717, 1.165) is 21.6 Å². The molecule has 1 N–H and O–H groups in total. The first-order valence-corrected chi connectivity index (χ1v) is 8.45. The fourth-order valence-corrected chi connectivity index (χ4v) is 3.06. The molecule has 0 atom stereocenters. The van der Waals surface area contributed by atoms with Crippen LogP contribution in [-0.2, 0) is 9.59 Å². The fourth-order valence-electron chi connectivity index (χ4n) is 2.67. The van der Waals surface area contributed by atoms with E-state index >= 15 is 0 Å². The van der Waals surface area contributed by atoms with E-state index in [2.05, 4.69) is 5.32 Å². The van der Waals surface area contributed by atoms with E-state index in [1.807, 2.05) is 32.9 Å². The van der Waals surface area contributed by atoms with Crippen LogP contribution in [0.5, 0.6) is 0 Å². The van der Waals surface area contributed by atoms with Crippen LogP contribution < -0.4 is 10.2 Å². The number of hydrogen-bond donors (Lipinski definition) is 1. The molecular formula is C19H16Cl2N2O2. The van der Waals surface area contributed by atoms with Gasteiger partial charge in [-0.3, -0.25) is 9.59 Å². The molecular weight excluding hydrogens is 359 g/mol. The van der Waals surface area contributed by atoms with Gasteiger partial charge in [0.05, 0.1) is 5.69 Å². The van der Waals surface area contributed by atoms with E-state index < -0.39 is 11.8 Å². The molecule has 0 saturated heterocycles. The third-order valence-corrected chi connectivity index (χ3v) is 4.89. The summed E-state index contributed by atoms with van der Waals surface area (Å²) in [4.78, 5) is 26.5. The van der Waals surface area contributed by atoms with Gasteiger partial charge >= 0.3 is 0 Å². The number of halogens is 2. The first-order chi connectivity index (χ1) is 11.8. The van der Waals surface area contributed by atoms with Gasteiger partial charge in [0.25, 0.3) is 11.8 Å². The van der Waals surface area contributed by atoms with Crippen LogP contribution in [0, 0.1) is 20.8 Å². The molecule has 0 unspecified atom stereocenters. The predicted molar refractivity (Wildman–Crippen MR) is 101 cm³/mol. The number of benzene rings is 2. The highest BCUT2D eigenvalue weighted by atomic mass is 35.5. The lowest BCUT2D eigenvalue weighted by atomic mass is 10.1. The molecule has 25 heavy (non-hydrogen) atoms. The summed E-state index contributed by atoms with van der Waals surface area (Å²) < 4.78 is 0. The summed E-state index contributed by atoms with van der Waals surface area (Å²) in [6.45, 7) is 5.66. The van der Waals surface area contributed by atoms with Gasteiger partial charge in [0.1, 0.15) is 10.7 Å². The molecule has 0 aliphatic carbocycles. The Kier molecular flexibility index (Phi) is 4.58. The van der Waals surface area contributed by atoms with Crippen molar-refractivity contribution >= 4 is 46.4 Å². The second-order valence-corrected chi connectivity index (χ2v) is 6.75. The molecule has 1 aliphatic heterocycles. The number of nitrogens with zero attached hydrogens (tertiary/aromatic N) is 1. The van der Waals surface area contributed by atoms with E-state index in [4.69, 9.17) is 23.2 Å². The number of carbonyl (C=O) groups is 2. The standard InChI is InChI=1S/C19H16Cl2N2O2/c1-10-5-4-6-15(12(10)3)23-18(24)16(21)17(19(23)25)22-14-9-13(20)8-7-11(14)2/h4-9,22H,1-3H3. The van der Waals surface area contributed by atoms with Crippen LogP contribution in [0.2, 0.25) is 5.02 Å². The van der Waals surface area contributed by atoms with Gasteiger partial charge in [-0.05, 0) is 55.7 Å². The average Bonchev–Trinajstić information content (AvgIpc) is 2.77. The maximum Gasteiger partial charge on any atom is 0.283 e. The van der Waals surface area contributed by atoms with Crippen molar-refractivity contribution in [2.24, 2.45) is 0 Å². The van der Waals surface area contributed by atoms with Crippen molar-refractivity contribution in [1.29, 1.82) is 0 Å². The molecule has 0 spiro atoms. The van der Waals surface area contributed by atoms with Gasteiger partial charge in [-0.25, -0.2) is 4.90 Å². The number of anilines is 2. The second-order valence-electron chi connectivity index (χ2n) is 5.94. The van der Waals surface area contributed by atoms with Crippen molar-refractivity contribution < 1.29 is 9.59 Å². The Morgan fingerprint density at radius 1 is 0.920 bits per heavy atom. The molecule has 0 aromatic heterocycles. The minimum atomic E-state index is -0.539. The van der Waals surface area contributed by atoms with Crippen LogP contribution in [-0.4, -0.2) is 11.8 Å². The first kappa shape index (κ1) is 17.5. The van der Waals surface area contributed by atoms with Crippen LogP contribution in [0.15, 0.2) is 47.1 Å². The van der Waals surface area contributed by atoms with Crippen molar-refractivity contribution in [3.8, 4) is 0 Å². The highest BCUT2D eigenvalue weighted by Gasteiger charge is 2.39. The molecule has 0 radical (unpaired) electrons. The van der Waals surface area contributed by atoms with Gasteiger partial charge in [0.15, 0.2) is 0 Å². The Morgan fingerprint density at radius 2 is 1.64 bits per heavy atom. The maximum absolute atomic E-state index is 12.9. The van der Waals surface area contributed by atoms with Crippen molar-refractivity contribution in [2.45, 2.75) is 20.8 Å². The van der Waals surface area contributed by atoms with Gasteiger partial charge in [-0.2, -0.15) is 0 Å². The van der Waals surface area contributed by atoms with Crippen LogP contribution in [0.25, 0.3) is 0 Å². The lowest BCUT2D eigenvalue weighted by molar-refractivity contribution is -0.120. The zero-order valence-electron chi connectivity index (χ0n) is 14.0. The minimum absolute atomic E-state index is 0.0536. The summed E-state index contributed by atoms with van der Waals surface area (Å²) in [5.41, 5.74) is 3.94. The van der Waals surface area contributed by atoms with E-state index in [1.165, 1.54) is 0 Å². The molecule has 0 bridgehead atoms. The second kappa shape index (κ2) is 6.54. The molecule has 4 nitrogen and oxygen atoms in total. The van der Waals surface area contributed by atoms with E-state index in [1.54, 1.807) is 24.3 Å². The van der Waals surface area contributed by atoms with Crippen LogP contribution >= 0.6 is 23.2 Å². The molecule has 0 fully saturated rings. The van der Waals surface area contributed by atoms with Crippen LogP contribution in [0.3, 0.4) is 0 Å². The molecule has 1 aliphatic rings. The molecule has 3 rings (SSSR count). The van der Waals surface area contributed by atoms with Gasteiger partial charge in [-0.15, -0.1) is 0 Å². The SMILES string of the molecule is Cc1ccc(Cl)cc1NC1=C(Cl)C(=O)N(c2cccc(C)c2C)C1=O. The summed E-state index contributed by atoms with van der Waals surface area (Å²) in [5, 5.41) is 3.35. The van der Waals surface area contributed by atoms with Crippen molar-refractivity contribution in [3.63, 3.8) is 0 Å². The van der Waals surface area contributed by atoms with Crippen LogP contribution in [0.4, 0.5) is 11.4 Å². The number of imide groups is 1. The smallest absolute Gasteiger partial charge is 0.283 e. The third-order valence-electron chi connectivity index (χ3n) is 4.30. The van der Waals surface area contributed by atoms with Gasteiger partial charge in [0.2, 0.25) is 0 Å². The quantitative estimate of drug-likeness (QED) is 0.791. The Balaban J connectivity index is 2.00. The van der Waals surface area contributed by atoms with Gasteiger partial charge < -0.3 is 5.32 Å². The highest BCUT2D eigenvalue weighted by Crippen LogP contribution is 2.33. The normalized spacial score (nSPS) is 14.5. The number of rotatable bonds is 3. The van der Waals surface area contributed by atoms with E-state index in [-0.39, 0.29) is 10.7 Å². The van der Waals surface area contributed by atoms with Gasteiger partial charge in [-0.1, -0.05) is 41.4 Å². The summed E-state index contributed by atoms with van der Waals surface area (Å²) in [5.74, 6) is -1.02. The maximum atomic E-state index is 12.9. The molecule has 128 valence electrons. The summed E-state index contributed by atoms with van der Waals surface area (Å²) >= 11 is 12.2. The molecule has 2 aromatic carbocycles. The summed E-state index contributed by atoms with van der Waals surface area (Å²) in [6.07, 6.45) is 0. The number of carbonyl (C=O) groups excluding carboxylic acids is 2. The number of nitrogens with one attached hydrogen (secondary N) is 1. The van der Waals surface area contributed by atoms with E-state index in [9.17, 15) is 9.59 Å². The fraction of sp³-hybridized carbons (Fsp3) is 0.158. The van der Waals surface area contributed by atoms with Crippen molar-refractivity contribution in [2.75, 3.05) is 10.2 Å². The Hall–Kier alpha value is -2.30. The highest BCUT2D eigenvalue weighted by molar-refractivity contribution is 6.53. The molecule has 6 heteroatoms. The zero-order valence-corrected chi connectivity index (χ0v) is 15.5. The van der Waals surface area contributed by atoms with Crippen LogP contribution in [0.1, 0.15) is 16.7 Å². The lowest BCUT2D eigenvalue weighted by Crippen LogP contribution is -2.33. The lowest BCUT2D eigenvalue weighted by Gasteiger charge is -2.19. The summed E-state index contributed by atoms with van der Waals surface area (Å²) in [6, 6.07) is 10.7. The largest absolute Gasteiger partial charge is 0.349 e. The first-order valence-electron chi connectivity index (χ1n) is 7.69.